The number of anilines is 1. The van der Waals surface area contributed by atoms with Crippen molar-refractivity contribution in [2.24, 2.45) is 5.73 Å². The normalized spacial score (nSPS) is 16.7. The summed E-state index contributed by atoms with van der Waals surface area (Å²) in [6, 6.07) is 9.94. The summed E-state index contributed by atoms with van der Waals surface area (Å²) >= 11 is 0. The SMILES string of the molecule is Cc1nc(C2CCN(C(=O)CCC(N)=O)CC2)nc2c1CCC(=O)N2Cc1ccccc1. The smallest absolute Gasteiger partial charge is 0.228 e. The van der Waals surface area contributed by atoms with E-state index in [1.807, 2.05) is 37.3 Å². The third-order valence-electron chi connectivity index (χ3n) is 6.34. The number of primary amides is 1. The molecule has 2 aromatic rings. The highest BCUT2D eigenvalue weighted by Gasteiger charge is 2.31. The Labute approximate surface area is 187 Å². The van der Waals surface area contributed by atoms with Crippen molar-refractivity contribution in [1.29, 1.82) is 0 Å². The van der Waals surface area contributed by atoms with Gasteiger partial charge in [0.2, 0.25) is 17.7 Å². The second-order valence-electron chi connectivity index (χ2n) is 8.56. The molecule has 1 aromatic carbocycles. The third-order valence-corrected chi connectivity index (χ3v) is 6.34. The Balaban J connectivity index is 1.51. The number of carbonyl (C=O) groups excluding carboxylic acids is 3. The van der Waals surface area contributed by atoms with Crippen molar-refractivity contribution >= 4 is 23.5 Å². The molecule has 0 saturated carbocycles. The minimum absolute atomic E-state index is 0.0376. The molecule has 0 bridgehead atoms. The van der Waals surface area contributed by atoms with Crippen LogP contribution in [0.3, 0.4) is 0 Å². The molecule has 2 aliphatic rings. The van der Waals surface area contributed by atoms with Gasteiger partial charge in [0.15, 0.2) is 0 Å². The van der Waals surface area contributed by atoms with Crippen LogP contribution in [0.5, 0.6) is 0 Å². The average Bonchev–Trinajstić information content (AvgIpc) is 2.80. The van der Waals surface area contributed by atoms with Crippen molar-refractivity contribution in [1.82, 2.24) is 14.9 Å². The molecule has 168 valence electrons. The van der Waals surface area contributed by atoms with Gasteiger partial charge in [-0.3, -0.25) is 19.3 Å². The largest absolute Gasteiger partial charge is 0.370 e. The second-order valence-corrected chi connectivity index (χ2v) is 8.56. The number of likely N-dealkylation sites (tertiary alicyclic amines) is 1. The number of nitrogens with two attached hydrogens (primary N) is 1. The molecule has 1 aromatic heterocycles. The molecular weight excluding hydrogens is 406 g/mol. The van der Waals surface area contributed by atoms with Gasteiger partial charge in [0, 0.05) is 49.5 Å². The predicted molar refractivity (Wildman–Crippen MR) is 120 cm³/mol. The van der Waals surface area contributed by atoms with E-state index in [9.17, 15) is 14.4 Å². The fraction of sp³-hybridized carbons (Fsp3) is 0.458. The molecular formula is C24H29N5O3. The van der Waals surface area contributed by atoms with Gasteiger partial charge in [-0.1, -0.05) is 30.3 Å². The molecule has 3 amide bonds. The van der Waals surface area contributed by atoms with E-state index in [-0.39, 0.29) is 30.6 Å². The number of carbonyl (C=O) groups is 3. The van der Waals surface area contributed by atoms with Crippen LogP contribution in [0.2, 0.25) is 0 Å². The molecule has 2 aliphatic heterocycles. The zero-order valence-electron chi connectivity index (χ0n) is 18.4. The lowest BCUT2D eigenvalue weighted by atomic mass is 9.94. The summed E-state index contributed by atoms with van der Waals surface area (Å²) in [4.78, 5) is 49.3. The molecule has 8 heteroatoms. The highest BCUT2D eigenvalue weighted by Crippen LogP contribution is 2.33. The Bertz CT molecular complexity index is 1020. The average molecular weight is 436 g/mol. The first kappa shape index (κ1) is 21.9. The molecule has 0 aliphatic carbocycles. The van der Waals surface area contributed by atoms with Gasteiger partial charge in [-0.2, -0.15) is 0 Å². The summed E-state index contributed by atoms with van der Waals surface area (Å²) in [5, 5.41) is 0. The van der Waals surface area contributed by atoms with Crippen molar-refractivity contribution in [2.45, 2.75) is 57.9 Å². The summed E-state index contributed by atoms with van der Waals surface area (Å²) in [5.41, 5.74) is 8.19. The van der Waals surface area contributed by atoms with Gasteiger partial charge in [0.1, 0.15) is 11.6 Å². The Morgan fingerprint density at radius 2 is 1.78 bits per heavy atom. The number of aryl methyl sites for hydroxylation is 1. The quantitative estimate of drug-likeness (QED) is 0.748. The van der Waals surface area contributed by atoms with Gasteiger partial charge in [0.25, 0.3) is 0 Å². The number of aromatic nitrogens is 2. The van der Waals surface area contributed by atoms with E-state index in [1.165, 1.54) is 0 Å². The van der Waals surface area contributed by atoms with E-state index in [2.05, 4.69) is 0 Å². The van der Waals surface area contributed by atoms with Crippen molar-refractivity contribution in [3.63, 3.8) is 0 Å². The van der Waals surface area contributed by atoms with Crippen LogP contribution >= 0.6 is 0 Å². The number of benzene rings is 1. The van der Waals surface area contributed by atoms with E-state index < -0.39 is 5.91 Å². The summed E-state index contributed by atoms with van der Waals surface area (Å²) < 4.78 is 0. The minimum atomic E-state index is -0.458. The van der Waals surface area contributed by atoms with Crippen LogP contribution in [0.15, 0.2) is 30.3 Å². The lowest BCUT2D eigenvalue weighted by molar-refractivity contribution is -0.134. The molecule has 1 fully saturated rings. The number of hydrogen-bond donors (Lipinski definition) is 1. The molecule has 2 N–H and O–H groups in total. The fourth-order valence-electron chi connectivity index (χ4n) is 4.49. The zero-order valence-corrected chi connectivity index (χ0v) is 18.4. The zero-order chi connectivity index (χ0) is 22.7. The van der Waals surface area contributed by atoms with Gasteiger partial charge < -0.3 is 10.6 Å². The molecule has 0 radical (unpaired) electrons. The number of amides is 3. The van der Waals surface area contributed by atoms with Crippen molar-refractivity contribution in [2.75, 3.05) is 18.0 Å². The Kier molecular flexibility index (Phi) is 6.48. The maximum atomic E-state index is 12.8. The fourth-order valence-corrected chi connectivity index (χ4v) is 4.49. The monoisotopic (exact) mass is 435 g/mol. The summed E-state index contributed by atoms with van der Waals surface area (Å²) in [7, 11) is 0. The Morgan fingerprint density at radius 3 is 2.47 bits per heavy atom. The van der Waals surface area contributed by atoms with Crippen molar-refractivity contribution in [3.05, 3.63) is 53.0 Å². The minimum Gasteiger partial charge on any atom is -0.370 e. The molecule has 0 atom stereocenters. The lowest BCUT2D eigenvalue weighted by Gasteiger charge is -2.33. The molecule has 4 rings (SSSR count). The van der Waals surface area contributed by atoms with Crippen LogP contribution in [-0.4, -0.2) is 45.7 Å². The molecule has 1 saturated heterocycles. The number of fused-ring (bicyclic) bond motifs is 1. The first-order chi connectivity index (χ1) is 15.4. The second kappa shape index (κ2) is 9.46. The first-order valence-corrected chi connectivity index (χ1v) is 11.2. The number of piperidine rings is 1. The Hall–Kier alpha value is -3.29. The van der Waals surface area contributed by atoms with Crippen LogP contribution in [0.1, 0.15) is 60.7 Å². The van der Waals surface area contributed by atoms with E-state index in [0.717, 1.165) is 41.3 Å². The van der Waals surface area contributed by atoms with E-state index in [4.69, 9.17) is 15.7 Å². The van der Waals surface area contributed by atoms with Crippen LogP contribution in [0, 0.1) is 6.92 Å². The number of hydrogen-bond acceptors (Lipinski definition) is 5. The summed E-state index contributed by atoms with van der Waals surface area (Å²) in [6.45, 7) is 3.70. The molecule has 32 heavy (non-hydrogen) atoms. The standard InChI is InChI=1S/C24H29N5O3/c1-16-19-7-9-22(32)29(15-17-5-3-2-4-6-17)24(19)27-23(26-16)18-11-13-28(14-12-18)21(31)10-8-20(25)30/h2-6,18H,7-15H2,1H3,(H2,25,30). The first-order valence-electron chi connectivity index (χ1n) is 11.2. The summed E-state index contributed by atoms with van der Waals surface area (Å²) in [6.07, 6.45) is 2.89. The highest BCUT2D eigenvalue weighted by atomic mass is 16.2. The molecule has 3 heterocycles. The highest BCUT2D eigenvalue weighted by molar-refractivity contribution is 5.95. The van der Waals surface area contributed by atoms with E-state index in [1.54, 1.807) is 9.80 Å². The van der Waals surface area contributed by atoms with Crippen molar-refractivity contribution in [3.8, 4) is 0 Å². The van der Waals surface area contributed by atoms with Gasteiger partial charge in [-0.25, -0.2) is 9.97 Å². The van der Waals surface area contributed by atoms with Gasteiger partial charge in [-0.05, 0) is 31.7 Å². The van der Waals surface area contributed by atoms with Crippen LogP contribution in [-0.2, 0) is 27.3 Å². The van der Waals surface area contributed by atoms with E-state index in [0.29, 0.717) is 32.5 Å². The maximum Gasteiger partial charge on any atom is 0.228 e. The van der Waals surface area contributed by atoms with E-state index >= 15 is 0 Å². The van der Waals surface area contributed by atoms with Crippen molar-refractivity contribution < 1.29 is 14.4 Å². The maximum absolute atomic E-state index is 12.8. The predicted octanol–water partition coefficient (Wildman–Crippen LogP) is 2.24. The molecule has 0 unspecified atom stereocenters. The molecule has 0 spiro atoms. The lowest BCUT2D eigenvalue weighted by Crippen LogP contribution is -2.39. The topological polar surface area (TPSA) is 109 Å². The summed E-state index contributed by atoms with van der Waals surface area (Å²) in [5.74, 6) is 1.20. The van der Waals surface area contributed by atoms with Crippen LogP contribution in [0.4, 0.5) is 5.82 Å². The van der Waals surface area contributed by atoms with Gasteiger partial charge >= 0.3 is 0 Å². The van der Waals surface area contributed by atoms with Gasteiger partial charge in [-0.15, -0.1) is 0 Å². The number of rotatable bonds is 6. The Morgan fingerprint density at radius 1 is 1.06 bits per heavy atom. The molecule has 8 nitrogen and oxygen atoms in total. The number of nitrogens with zero attached hydrogens (tertiary/aromatic N) is 4. The van der Waals surface area contributed by atoms with Crippen LogP contribution in [0.25, 0.3) is 0 Å². The van der Waals surface area contributed by atoms with Crippen LogP contribution < -0.4 is 10.6 Å². The van der Waals surface area contributed by atoms with Gasteiger partial charge in [0.05, 0.1) is 6.54 Å². The third kappa shape index (κ3) is 4.79.